The predicted octanol–water partition coefficient (Wildman–Crippen LogP) is 2.18. The fraction of sp³-hybridized carbons (Fsp3) is 0.353. The number of nitrogens with one attached hydrogen (secondary N) is 1. The Morgan fingerprint density at radius 2 is 2.07 bits per heavy atom. The van der Waals surface area contributed by atoms with Crippen molar-refractivity contribution in [2.75, 3.05) is 24.7 Å². The molecule has 3 rings (SSSR count). The lowest BCUT2D eigenvalue weighted by atomic mass is 10.1. The van der Waals surface area contributed by atoms with Crippen LogP contribution in [0.3, 0.4) is 0 Å². The van der Waals surface area contributed by atoms with E-state index in [4.69, 9.17) is 0 Å². The number of nitrogens with zero attached hydrogens (tertiary/aromatic N) is 3. The number of anilines is 1. The zero-order valence-corrected chi connectivity index (χ0v) is 16.3. The number of carbonyl (C=O) groups excluding carboxylic acids is 3. The highest BCUT2D eigenvalue weighted by molar-refractivity contribution is 8.01. The molecule has 0 atom stereocenters. The lowest BCUT2D eigenvalue weighted by molar-refractivity contribution is -0.137. The van der Waals surface area contributed by atoms with E-state index in [1.165, 1.54) is 30.2 Å². The van der Waals surface area contributed by atoms with Crippen molar-refractivity contribution in [3.63, 3.8) is 0 Å². The number of carbonyl (C=O) groups is 3. The van der Waals surface area contributed by atoms with Gasteiger partial charge < -0.3 is 9.64 Å². The highest BCUT2D eigenvalue weighted by Crippen LogP contribution is 2.25. The Labute approximate surface area is 164 Å². The summed E-state index contributed by atoms with van der Waals surface area (Å²) in [6, 6.07) is 7.13. The van der Waals surface area contributed by atoms with Crippen LogP contribution in [0.1, 0.15) is 28.8 Å². The number of ether oxygens (including phenoxy) is 1. The Morgan fingerprint density at radius 1 is 1.30 bits per heavy atom. The summed E-state index contributed by atoms with van der Waals surface area (Å²) in [5.41, 5.74) is 1.48. The highest BCUT2D eigenvalue weighted by Gasteiger charge is 2.20. The van der Waals surface area contributed by atoms with Crippen molar-refractivity contribution in [2.24, 2.45) is 0 Å². The van der Waals surface area contributed by atoms with E-state index < -0.39 is 0 Å². The van der Waals surface area contributed by atoms with Gasteiger partial charge in [0.2, 0.25) is 11.0 Å². The summed E-state index contributed by atoms with van der Waals surface area (Å²) in [6.07, 6.45) is 1.52. The Morgan fingerprint density at radius 3 is 2.74 bits per heavy atom. The molecule has 1 fully saturated rings. The summed E-state index contributed by atoms with van der Waals surface area (Å²) in [7, 11) is 1.32. The van der Waals surface area contributed by atoms with Crippen LogP contribution in [0.25, 0.3) is 0 Å². The minimum absolute atomic E-state index is 0.139. The normalized spacial score (nSPS) is 13.7. The molecule has 1 aliphatic heterocycles. The van der Waals surface area contributed by atoms with E-state index in [1.807, 2.05) is 17.0 Å². The van der Waals surface area contributed by atoms with Crippen molar-refractivity contribution in [3.05, 3.63) is 35.4 Å². The van der Waals surface area contributed by atoms with E-state index in [9.17, 15) is 14.4 Å². The lowest BCUT2D eigenvalue weighted by Gasteiger charge is -2.15. The summed E-state index contributed by atoms with van der Waals surface area (Å²) in [4.78, 5) is 37.0. The Hall–Kier alpha value is -2.46. The zero-order valence-electron chi connectivity index (χ0n) is 14.6. The number of methoxy groups -OCH3 is 1. The first-order valence-corrected chi connectivity index (χ1v) is 10.1. The molecule has 2 heterocycles. The molecule has 10 heteroatoms. The fourth-order valence-corrected chi connectivity index (χ4v) is 4.10. The van der Waals surface area contributed by atoms with Gasteiger partial charge in [0.25, 0.3) is 5.91 Å². The maximum absolute atomic E-state index is 12.3. The number of aromatic nitrogens is 2. The molecular formula is C17H18N4O4S2. The molecule has 1 aromatic heterocycles. The number of hydrogen-bond acceptors (Lipinski definition) is 8. The van der Waals surface area contributed by atoms with Crippen LogP contribution in [0.2, 0.25) is 0 Å². The summed E-state index contributed by atoms with van der Waals surface area (Å²) in [5.74, 6) is -0.329. The van der Waals surface area contributed by atoms with Crippen LogP contribution in [0.5, 0.6) is 0 Å². The van der Waals surface area contributed by atoms with Crippen LogP contribution < -0.4 is 5.32 Å². The topological polar surface area (TPSA) is 101 Å². The number of amides is 2. The molecule has 1 aliphatic rings. The molecule has 27 heavy (non-hydrogen) atoms. The van der Waals surface area contributed by atoms with Gasteiger partial charge in [0, 0.05) is 25.1 Å². The van der Waals surface area contributed by atoms with Crippen LogP contribution in [0.4, 0.5) is 5.13 Å². The number of rotatable bonds is 7. The van der Waals surface area contributed by atoms with Crippen molar-refractivity contribution in [3.8, 4) is 0 Å². The molecule has 142 valence electrons. The highest BCUT2D eigenvalue weighted by atomic mass is 32.2. The average Bonchev–Trinajstić information content (AvgIpc) is 3.29. The van der Waals surface area contributed by atoms with E-state index in [2.05, 4.69) is 20.3 Å². The monoisotopic (exact) mass is 406 g/mol. The largest absolute Gasteiger partial charge is 0.468 e. The van der Waals surface area contributed by atoms with Gasteiger partial charge in [-0.3, -0.25) is 19.7 Å². The summed E-state index contributed by atoms with van der Waals surface area (Å²) in [5, 5.41) is 10.9. The van der Waals surface area contributed by atoms with Crippen molar-refractivity contribution < 1.29 is 19.1 Å². The van der Waals surface area contributed by atoms with Gasteiger partial charge in [-0.2, -0.15) is 0 Å². The van der Waals surface area contributed by atoms with E-state index in [-0.39, 0.29) is 23.5 Å². The van der Waals surface area contributed by atoms with Gasteiger partial charge in [-0.15, -0.1) is 10.2 Å². The maximum atomic E-state index is 12.3. The van der Waals surface area contributed by atoms with Crippen LogP contribution >= 0.6 is 23.1 Å². The third-order valence-corrected chi connectivity index (χ3v) is 5.87. The van der Waals surface area contributed by atoms with Crippen molar-refractivity contribution in [2.45, 2.75) is 23.7 Å². The molecule has 8 nitrogen and oxygen atoms in total. The average molecular weight is 406 g/mol. The van der Waals surface area contributed by atoms with Crippen molar-refractivity contribution in [1.82, 2.24) is 15.1 Å². The quantitative estimate of drug-likeness (QED) is 0.427. The van der Waals surface area contributed by atoms with Gasteiger partial charge >= 0.3 is 5.97 Å². The third kappa shape index (κ3) is 5.27. The smallest absolute Gasteiger partial charge is 0.316 e. The molecule has 0 bridgehead atoms. The van der Waals surface area contributed by atoms with Crippen molar-refractivity contribution in [1.29, 1.82) is 0 Å². The Kier molecular flexibility index (Phi) is 6.40. The molecule has 1 aromatic carbocycles. The Bertz CT molecular complexity index is 838. The molecule has 0 radical (unpaired) electrons. The van der Waals surface area contributed by atoms with Gasteiger partial charge in [0.1, 0.15) is 0 Å². The molecule has 1 N–H and O–H groups in total. The standard InChI is InChI=1S/C17H18N4O4S2/c1-25-14(23)10-26-17-20-19-16(27-17)18-15(24)12-6-4-11(5-7-12)9-21-8-2-3-13(21)22/h4-7H,2-3,8-10H2,1H3,(H,18,19,24). The third-order valence-electron chi connectivity index (χ3n) is 3.93. The molecule has 2 amide bonds. The van der Waals surface area contributed by atoms with Gasteiger partial charge in [0.15, 0.2) is 4.34 Å². The zero-order chi connectivity index (χ0) is 19.2. The van der Waals surface area contributed by atoms with Crippen LogP contribution in [-0.2, 0) is 20.9 Å². The summed E-state index contributed by atoms with van der Waals surface area (Å²) >= 11 is 2.39. The van der Waals surface area contributed by atoms with E-state index in [1.54, 1.807) is 12.1 Å². The van der Waals surface area contributed by atoms with E-state index >= 15 is 0 Å². The van der Waals surface area contributed by atoms with E-state index in [0.717, 1.165) is 18.5 Å². The number of hydrogen-bond donors (Lipinski definition) is 1. The van der Waals surface area contributed by atoms with Gasteiger partial charge in [0.05, 0.1) is 12.9 Å². The molecular weight excluding hydrogens is 388 g/mol. The Balaban J connectivity index is 1.54. The molecule has 2 aromatic rings. The van der Waals surface area contributed by atoms with E-state index in [0.29, 0.717) is 28.0 Å². The number of esters is 1. The SMILES string of the molecule is COC(=O)CSc1nnc(NC(=O)c2ccc(CN3CCCC3=O)cc2)s1. The number of thioether (sulfide) groups is 1. The molecule has 0 unspecified atom stereocenters. The second-order valence-electron chi connectivity index (χ2n) is 5.81. The van der Waals surface area contributed by atoms with Crippen LogP contribution in [0.15, 0.2) is 28.6 Å². The number of likely N-dealkylation sites (tertiary alicyclic amines) is 1. The summed E-state index contributed by atoms with van der Waals surface area (Å²) in [6.45, 7) is 1.35. The van der Waals surface area contributed by atoms with Gasteiger partial charge in [-0.25, -0.2) is 0 Å². The predicted molar refractivity (Wildman–Crippen MR) is 102 cm³/mol. The fourth-order valence-electron chi connectivity index (χ4n) is 2.52. The molecule has 0 aliphatic carbocycles. The maximum Gasteiger partial charge on any atom is 0.316 e. The minimum Gasteiger partial charge on any atom is -0.468 e. The second kappa shape index (κ2) is 8.96. The van der Waals surface area contributed by atoms with Gasteiger partial charge in [-0.1, -0.05) is 35.2 Å². The van der Waals surface area contributed by atoms with Crippen molar-refractivity contribution >= 4 is 46.0 Å². The summed E-state index contributed by atoms with van der Waals surface area (Å²) < 4.78 is 5.13. The molecule has 0 spiro atoms. The second-order valence-corrected chi connectivity index (χ2v) is 8.01. The lowest BCUT2D eigenvalue weighted by Crippen LogP contribution is -2.23. The first-order chi connectivity index (χ1) is 13.0. The van der Waals surface area contributed by atoms with Crippen LogP contribution in [0, 0.1) is 0 Å². The minimum atomic E-state index is -0.350. The molecule has 1 saturated heterocycles. The van der Waals surface area contributed by atoms with Crippen LogP contribution in [-0.4, -0.2) is 52.3 Å². The first kappa shape index (κ1) is 19.3. The first-order valence-electron chi connectivity index (χ1n) is 8.26. The molecule has 0 saturated carbocycles. The number of benzene rings is 1. The van der Waals surface area contributed by atoms with Gasteiger partial charge in [-0.05, 0) is 24.1 Å².